The standard InChI is InChI=1S/C13H18F3NO2S/c1-2-7-20(18,19)8-6-17-10-11-4-3-5-12(9-11)13(14,15)16/h3-5,9,17H,2,6-8,10H2,1H3. The van der Waals surface area contributed by atoms with Gasteiger partial charge in [0.2, 0.25) is 0 Å². The number of alkyl halides is 3. The van der Waals surface area contributed by atoms with Crippen LogP contribution in [0.1, 0.15) is 24.5 Å². The van der Waals surface area contributed by atoms with Gasteiger partial charge in [0, 0.05) is 18.8 Å². The third kappa shape index (κ3) is 5.92. The van der Waals surface area contributed by atoms with Crippen molar-refractivity contribution in [1.29, 1.82) is 0 Å². The fraction of sp³-hybridized carbons (Fsp3) is 0.538. The van der Waals surface area contributed by atoms with E-state index in [9.17, 15) is 21.6 Å². The molecule has 0 aromatic heterocycles. The van der Waals surface area contributed by atoms with E-state index in [-0.39, 0.29) is 24.6 Å². The molecular formula is C13H18F3NO2S. The molecule has 1 rings (SSSR count). The van der Waals surface area contributed by atoms with Gasteiger partial charge in [0.15, 0.2) is 9.84 Å². The molecular weight excluding hydrogens is 291 g/mol. The number of benzene rings is 1. The van der Waals surface area contributed by atoms with Crippen LogP contribution in [0, 0.1) is 0 Å². The van der Waals surface area contributed by atoms with Crippen LogP contribution < -0.4 is 5.32 Å². The second-order valence-corrected chi connectivity index (χ2v) is 6.83. The van der Waals surface area contributed by atoms with Crippen molar-refractivity contribution in [1.82, 2.24) is 5.32 Å². The van der Waals surface area contributed by atoms with Gasteiger partial charge in [-0.25, -0.2) is 8.42 Å². The van der Waals surface area contributed by atoms with Crippen molar-refractivity contribution in [3.63, 3.8) is 0 Å². The Labute approximate surface area is 117 Å². The van der Waals surface area contributed by atoms with E-state index in [1.54, 1.807) is 13.0 Å². The molecule has 0 radical (unpaired) electrons. The average molecular weight is 309 g/mol. The topological polar surface area (TPSA) is 46.2 Å². The molecule has 0 amide bonds. The molecule has 0 atom stereocenters. The molecule has 0 aliphatic heterocycles. The SMILES string of the molecule is CCCS(=O)(=O)CCNCc1cccc(C(F)(F)F)c1. The largest absolute Gasteiger partial charge is 0.416 e. The van der Waals surface area contributed by atoms with E-state index < -0.39 is 21.6 Å². The quantitative estimate of drug-likeness (QED) is 0.788. The summed E-state index contributed by atoms with van der Waals surface area (Å²) in [6.07, 6.45) is -3.80. The third-order valence-corrected chi connectivity index (χ3v) is 4.54. The van der Waals surface area contributed by atoms with E-state index in [1.165, 1.54) is 6.07 Å². The van der Waals surface area contributed by atoms with E-state index in [0.717, 1.165) is 12.1 Å². The van der Waals surface area contributed by atoms with Crippen molar-refractivity contribution in [2.45, 2.75) is 26.1 Å². The molecule has 1 aromatic carbocycles. The molecule has 1 aromatic rings. The first-order chi connectivity index (χ1) is 9.24. The Kier molecular flexibility index (Phi) is 6.01. The van der Waals surface area contributed by atoms with Gasteiger partial charge in [-0.3, -0.25) is 0 Å². The molecule has 0 saturated heterocycles. The molecule has 114 valence electrons. The maximum Gasteiger partial charge on any atom is 0.416 e. The van der Waals surface area contributed by atoms with E-state index in [1.807, 2.05) is 0 Å². The fourth-order valence-electron chi connectivity index (χ4n) is 1.73. The zero-order chi connectivity index (χ0) is 15.2. The summed E-state index contributed by atoms with van der Waals surface area (Å²) in [4.78, 5) is 0. The van der Waals surface area contributed by atoms with Gasteiger partial charge >= 0.3 is 6.18 Å². The predicted molar refractivity (Wildman–Crippen MR) is 72.1 cm³/mol. The molecule has 0 bridgehead atoms. The monoisotopic (exact) mass is 309 g/mol. The van der Waals surface area contributed by atoms with Crippen LogP contribution in [0.2, 0.25) is 0 Å². The van der Waals surface area contributed by atoms with Crippen molar-refractivity contribution in [3.8, 4) is 0 Å². The van der Waals surface area contributed by atoms with Gasteiger partial charge in [-0.2, -0.15) is 13.2 Å². The number of hydrogen-bond donors (Lipinski definition) is 1. The van der Waals surface area contributed by atoms with Crippen LogP contribution in [-0.4, -0.2) is 26.5 Å². The molecule has 0 aliphatic carbocycles. The molecule has 1 N–H and O–H groups in total. The number of halogens is 3. The van der Waals surface area contributed by atoms with E-state index in [0.29, 0.717) is 12.0 Å². The molecule has 0 fully saturated rings. The molecule has 0 saturated carbocycles. The van der Waals surface area contributed by atoms with E-state index >= 15 is 0 Å². The minimum atomic E-state index is -4.36. The summed E-state index contributed by atoms with van der Waals surface area (Å²) in [6.45, 7) is 2.23. The summed E-state index contributed by atoms with van der Waals surface area (Å²) in [5.74, 6) is 0.137. The molecule has 7 heteroatoms. The third-order valence-electron chi connectivity index (χ3n) is 2.69. The zero-order valence-corrected chi connectivity index (χ0v) is 12.0. The van der Waals surface area contributed by atoms with Crippen LogP contribution in [0.3, 0.4) is 0 Å². The number of hydrogen-bond acceptors (Lipinski definition) is 3. The van der Waals surface area contributed by atoms with Crippen LogP contribution in [0.5, 0.6) is 0 Å². The van der Waals surface area contributed by atoms with Crippen LogP contribution in [0.25, 0.3) is 0 Å². The minimum Gasteiger partial charge on any atom is -0.312 e. The Morgan fingerprint density at radius 2 is 1.90 bits per heavy atom. The Hall–Kier alpha value is -1.08. The Bertz CT molecular complexity index is 527. The van der Waals surface area contributed by atoms with Crippen molar-refractivity contribution in [2.24, 2.45) is 0 Å². The van der Waals surface area contributed by atoms with Gasteiger partial charge in [-0.15, -0.1) is 0 Å². The van der Waals surface area contributed by atoms with Gasteiger partial charge in [-0.1, -0.05) is 25.1 Å². The molecule has 0 spiro atoms. The van der Waals surface area contributed by atoms with Gasteiger partial charge in [0.25, 0.3) is 0 Å². The molecule has 0 heterocycles. The zero-order valence-electron chi connectivity index (χ0n) is 11.2. The average Bonchev–Trinajstić information content (AvgIpc) is 2.34. The molecule has 0 aliphatic rings. The van der Waals surface area contributed by atoms with Gasteiger partial charge in [-0.05, 0) is 18.1 Å². The lowest BCUT2D eigenvalue weighted by atomic mass is 10.1. The highest BCUT2D eigenvalue weighted by molar-refractivity contribution is 7.91. The van der Waals surface area contributed by atoms with E-state index in [4.69, 9.17) is 0 Å². The van der Waals surface area contributed by atoms with Crippen LogP contribution in [-0.2, 0) is 22.6 Å². The highest BCUT2D eigenvalue weighted by atomic mass is 32.2. The van der Waals surface area contributed by atoms with Crippen molar-refractivity contribution in [2.75, 3.05) is 18.1 Å². The summed E-state index contributed by atoms with van der Waals surface area (Å²) in [6, 6.07) is 4.99. The lowest BCUT2D eigenvalue weighted by Crippen LogP contribution is -2.24. The van der Waals surface area contributed by atoms with E-state index in [2.05, 4.69) is 5.32 Å². The first kappa shape index (κ1) is 17.0. The number of nitrogens with one attached hydrogen (secondary N) is 1. The lowest BCUT2D eigenvalue weighted by molar-refractivity contribution is -0.137. The molecule has 3 nitrogen and oxygen atoms in total. The predicted octanol–water partition coefficient (Wildman–Crippen LogP) is 2.62. The number of sulfone groups is 1. The Morgan fingerprint density at radius 3 is 2.50 bits per heavy atom. The molecule has 0 unspecified atom stereocenters. The van der Waals surface area contributed by atoms with Crippen LogP contribution in [0.15, 0.2) is 24.3 Å². The summed E-state index contributed by atoms with van der Waals surface area (Å²) in [5, 5.41) is 2.85. The van der Waals surface area contributed by atoms with Gasteiger partial charge < -0.3 is 5.32 Å². The Balaban J connectivity index is 2.47. The van der Waals surface area contributed by atoms with Gasteiger partial charge in [0.1, 0.15) is 0 Å². The summed E-state index contributed by atoms with van der Waals surface area (Å²) < 4.78 is 60.4. The fourth-order valence-corrected chi connectivity index (χ4v) is 3.01. The van der Waals surface area contributed by atoms with Crippen molar-refractivity contribution in [3.05, 3.63) is 35.4 Å². The minimum absolute atomic E-state index is 0.000197. The Morgan fingerprint density at radius 1 is 1.20 bits per heavy atom. The van der Waals surface area contributed by atoms with Gasteiger partial charge in [0.05, 0.1) is 11.3 Å². The van der Waals surface area contributed by atoms with Crippen molar-refractivity contribution < 1.29 is 21.6 Å². The van der Waals surface area contributed by atoms with Crippen LogP contribution >= 0.6 is 0 Å². The number of rotatable bonds is 7. The maximum absolute atomic E-state index is 12.5. The first-order valence-corrected chi connectivity index (χ1v) is 8.14. The smallest absolute Gasteiger partial charge is 0.312 e. The second kappa shape index (κ2) is 7.08. The summed E-state index contributed by atoms with van der Waals surface area (Å²) in [5.41, 5.74) is -0.219. The summed E-state index contributed by atoms with van der Waals surface area (Å²) in [7, 11) is -3.06. The second-order valence-electron chi connectivity index (χ2n) is 4.53. The summed E-state index contributed by atoms with van der Waals surface area (Å²) >= 11 is 0. The highest BCUT2D eigenvalue weighted by Crippen LogP contribution is 2.29. The molecule has 20 heavy (non-hydrogen) atoms. The lowest BCUT2D eigenvalue weighted by Gasteiger charge is -2.09. The van der Waals surface area contributed by atoms with Crippen molar-refractivity contribution >= 4 is 9.84 Å². The highest BCUT2D eigenvalue weighted by Gasteiger charge is 2.30. The normalized spacial score (nSPS) is 12.6. The maximum atomic E-state index is 12.5. The van der Waals surface area contributed by atoms with Crippen LogP contribution in [0.4, 0.5) is 13.2 Å². The first-order valence-electron chi connectivity index (χ1n) is 6.32.